The van der Waals surface area contributed by atoms with Gasteiger partial charge in [-0.2, -0.15) is 5.26 Å². The Labute approximate surface area is 161 Å². The van der Waals surface area contributed by atoms with Crippen LogP contribution in [0.15, 0.2) is 48.9 Å². The quantitative estimate of drug-likeness (QED) is 0.684. The molecule has 27 heavy (non-hydrogen) atoms. The van der Waals surface area contributed by atoms with Crippen LogP contribution in [-0.2, 0) is 4.79 Å². The number of nitrogens with zero attached hydrogens (tertiary/aromatic N) is 4. The number of rotatable bonds is 4. The van der Waals surface area contributed by atoms with Gasteiger partial charge in [0.05, 0.1) is 16.8 Å². The van der Waals surface area contributed by atoms with Gasteiger partial charge in [0, 0.05) is 42.0 Å². The molecule has 8 heteroatoms. The van der Waals surface area contributed by atoms with Crippen LogP contribution in [0.1, 0.15) is 17.0 Å². The SMILES string of the molecule is Cc1cc(Oc2cncc(Cl)c2)cc(C)n1.N#Cc1ccc(NC=O)nc1. The number of hydrogen-bond acceptors (Lipinski definition) is 6. The van der Waals surface area contributed by atoms with Crippen LogP contribution in [0.4, 0.5) is 5.82 Å². The van der Waals surface area contributed by atoms with Gasteiger partial charge >= 0.3 is 0 Å². The van der Waals surface area contributed by atoms with Crippen molar-refractivity contribution in [1.29, 1.82) is 5.26 Å². The van der Waals surface area contributed by atoms with E-state index in [0.717, 1.165) is 17.1 Å². The molecule has 0 saturated heterocycles. The van der Waals surface area contributed by atoms with E-state index in [4.69, 9.17) is 21.6 Å². The Morgan fingerprint density at radius 2 is 1.85 bits per heavy atom. The Kier molecular flexibility index (Phi) is 7.23. The fraction of sp³-hybridized carbons (Fsp3) is 0.105. The van der Waals surface area contributed by atoms with Crippen LogP contribution >= 0.6 is 11.6 Å². The Morgan fingerprint density at radius 1 is 1.11 bits per heavy atom. The Morgan fingerprint density at radius 3 is 2.41 bits per heavy atom. The molecule has 0 spiro atoms. The molecule has 0 bridgehead atoms. The molecule has 3 aromatic heterocycles. The summed E-state index contributed by atoms with van der Waals surface area (Å²) in [5.74, 6) is 1.81. The predicted octanol–water partition coefficient (Wildman–Crippen LogP) is 4.06. The summed E-state index contributed by atoms with van der Waals surface area (Å²) in [5.41, 5.74) is 2.32. The van der Waals surface area contributed by atoms with Crippen molar-refractivity contribution in [3.8, 4) is 17.6 Å². The third kappa shape index (κ3) is 6.72. The van der Waals surface area contributed by atoms with E-state index in [1.165, 1.54) is 6.20 Å². The molecular formula is C19H16ClN5O2. The highest BCUT2D eigenvalue weighted by Gasteiger charge is 2.01. The molecule has 1 amide bonds. The van der Waals surface area contributed by atoms with Crippen molar-refractivity contribution in [2.45, 2.75) is 13.8 Å². The van der Waals surface area contributed by atoms with E-state index in [1.807, 2.05) is 32.0 Å². The largest absolute Gasteiger partial charge is 0.456 e. The number of carbonyl (C=O) groups excluding carboxylic acids is 1. The van der Waals surface area contributed by atoms with Crippen LogP contribution in [0.5, 0.6) is 11.5 Å². The van der Waals surface area contributed by atoms with E-state index in [9.17, 15) is 4.79 Å². The zero-order chi connectivity index (χ0) is 19.6. The summed E-state index contributed by atoms with van der Waals surface area (Å²) in [4.78, 5) is 21.9. The fourth-order valence-electron chi connectivity index (χ4n) is 2.05. The van der Waals surface area contributed by atoms with Crippen LogP contribution in [0.25, 0.3) is 0 Å². The van der Waals surface area contributed by atoms with Gasteiger partial charge in [0.15, 0.2) is 0 Å². The summed E-state index contributed by atoms with van der Waals surface area (Å²) in [6.07, 6.45) is 5.12. The van der Waals surface area contributed by atoms with E-state index in [2.05, 4.69) is 20.3 Å². The minimum atomic E-state index is 0.444. The molecule has 1 N–H and O–H groups in total. The normalized spacial score (nSPS) is 9.41. The molecule has 0 radical (unpaired) electrons. The van der Waals surface area contributed by atoms with E-state index < -0.39 is 0 Å². The maximum atomic E-state index is 9.91. The van der Waals surface area contributed by atoms with Crippen molar-refractivity contribution in [3.63, 3.8) is 0 Å². The van der Waals surface area contributed by atoms with Gasteiger partial charge in [-0.25, -0.2) is 4.98 Å². The molecule has 0 aliphatic heterocycles. The first-order valence-corrected chi connectivity index (χ1v) is 8.18. The zero-order valence-electron chi connectivity index (χ0n) is 14.7. The lowest BCUT2D eigenvalue weighted by molar-refractivity contribution is -0.105. The number of nitriles is 1. The summed E-state index contributed by atoms with van der Waals surface area (Å²) in [6.45, 7) is 3.85. The van der Waals surface area contributed by atoms with Crippen LogP contribution in [-0.4, -0.2) is 21.4 Å². The number of aryl methyl sites for hydroxylation is 2. The summed E-state index contributed by atoms with van der Waals surface area (Å²) in [6, 6.07) is 10.5. The minimum absolute atomic E-state index is 0.444. The first-order chi connectivity index (χ1) is 13.0. The van der Waals surface area contributed by atoms with Gasteiger partial charge in [0.25, 0.3) is 0 Å². The van der Waals surface area contributed by atoms with Gasteiger partial charge in [-0.3, -0.25) is 14.8 Å². The molecule has 0 aliphatic carbocycles. The lowest BCUT2D eigenvalue weighted by atomic mass is 10.3. The predicted molar refractivity (Wildman–Crippen MR) is 102 cm³/mol. The van der Waals surface area contributed by atoms with Gasteiger partial charge in [0.2, 0.25) is 6.41 Å². The minimum Gasteiger partial charge on any atom is -0.456 e. The van der Waals surface area contributed by atoms with Crippen LogP contribution < -0.4 is 10.1 Å². The lowest BCUT2D eigenvalue weighted by Gasteiger charge is -2.06. The molecule has 0 saturated carbocycles. The number of carbonyl (C=O) groups is 1. The molecular weight excluding hydrogens is 366 g/mol. The average Bonchev–Trinajstić information content (AvgIpc) is 2.62. The molecule has 136 valence electrons. The van der Waals surface area contributed by atoms with Crippen molar-refractivity contribution < 1.29 is 9.53 Å². The van der Waals surface area contributed by atoms with Crippen LogP contribution in [0.2, 0.25) is 5.02 Å². The molecule has 3 rings (SSSR count). The summed E-state index contributed by atoms with van der Waals surface area (Å²) < 4.78 is 5.63. The second-order valence-corrected chi connectivity index (χ2v) is 5.77. The van der Waals surface area contributed by atoms with E-state index >= 15 is 0 Å². The molecule has 0 fully saturated rings. The second-order valence-electron chi connectivity index (χ2n) is 5.33. The van der Waals surface area contributed by atoms with E-state index in [0.29, 0.717) is 28.6 Å². The van der Waals surface area contributed by atoms with E-state index in [-0.39, 0.29) is 0 Å². The zero-order valence-corrected chi connectivity index (χ0v) is 15.4. The number of nitrogens with one attached hydrogen (secondary N) is 1. The number of ether oxygens (including phenoxy) is 1. The topological polar surface area (TPSA) is 101 Å². The third-order valence-electron chi connectivity index (χ3n) is 3.07. The highest BCUT2D eigenvalue weighted by atomic mass is 35.5. The smallest absolute Gasteiger partial charge is 0.212 e. The lowest BCUT2D eigenvalue weighted by Crippen LogP contribution is -1.95. The Hall–Kier alpha value is -3.50. The number of amides is 1. The number of hydrogen-bond donors (Lipinski definition) is 1. The monoisotopic (exact) mass is 381 g/mol. The van der Waals surface area contributed by atoms with Gasteiger partial charge in [0.1, 0.15) is 23.4 Å². The van der Waals surface area contributed by atoms with Crippen molar-refractivity contribution in [2.24, 2.45) is 0 Å². The summed E-state index contributed by atoms with van der Waals surface area (Å²) in [7, 11) is 0. The number of pyridine rings is 3. The maximum Gasteiger partial charge on any atom is 0.212 e. The molecule has 3 aromatic rings. The van der Waals surface area contributed by atoms with Crippen molar-refractivity contribution in [3.05, 3.63) is 70.9 Å². The standard InChI is InChI=1S/C12H11ClN2O.C7H5N3O/c1-8-3-11(4-9(2)15-8)16-12-5-10(13)6-14-7-12;8-3-6-1-2-7(9-4-6)10-5-11/h3-7H,1-2H3;1-2,4-5H,(H,9,10,11). The average molecular weight is 382 g/mol. The third-order valence-corrected chi connectivity index (χ3v) is 3.28. The Balaban J connectivity index is 0.000000208. The summed E-state index contributed by atoms with van der Waals surface area (Å²) >= 11 is 5.82. The van der Waals surface area contributed by atoms with Gasteiger partial charge < -0.3 is 10.1 Å². The van der Waals surface area contributed by atoms with Gasteiger partial charge in [-0.15, -0.1) is 0 Å². The van der Waals surface area contributed by atoms with E-state index in [1.54, 1.807) is 30.6 Å². The first kappa shape index (κ1) is 19.8. The maximum absolute atomic E-state index is 9.91. The Bertz CT molecular complexity index is 935. The second kappa shape index (κ2) is 9.85. The van der Waals surface area contributed by atoms with Gasteiger partial charge in [-0.05, 0) is 26.0 Å². The molecule has 0 atom stereocenters. The molecule has 0 aliphatic rings. The molecule has 0 unspecified atom stereocenters. The molecule has 7 nitrogen and oxygen atoms in total. The van der Waals surface area contributed by atoms with Crippen molar-refractivity contribution in [2.75, 3.05) is 5.32 Å². The highest BCUT2D eigenvalue weighted by molar-refractivity contribution is 6.30. The number of anilines is 1. The van der Waals surface area contributed by atoms with Gasteiger partial charge in [-0.1, -0.05) is 11.6 Å². The molecule has 0 aromatic carbocycles. The summed E-state index contributed by atoms with van der Waals surface area (Å²) in [5, 5.41) is 11.3. The number of halogens is 1. The first-order valence-electron chi connectivity index (χ1n) is 7.80. The van der Waals surface area contributed by atoms with Crippen molar-refractivity contribution in [1.82, 2.24) is 15.0 Å². The highest BCUT2D eigenvalue weighted by Crippen LogP contribution is 2.23. The number of aromatic nitrogens is 3. The molecule has 3 heterocycles. The fourth-order valence-corrected chi connectivity index (χ4v) is 2.21. The van der Waals surface area contributed by atoms with Crippen molar-refractivity contribution >= 4 is 23.8 Å². The van der Waals surface area contributed by atoms with Crippen LogP contribution in [0, 0.1) is 25.2 Å². The van der Waals surface area contributed by atoms with Crippen LogP contribution in [0.3, 0.4) is 0 Å².